The number of nitrogens with two attached hydrogens (primary N) is 1. The summed E-state index contributed by atoms with van der Waals surface area (Å²) < 4.78 is 46.3. The van der Waals surface area contributed by atoms with E-state index in [4.69, 9.17) is 24.2 Å². The van der Waals surface area contributed by atoms with Crippen molar-refractivity contribution in [3.8, 4) is 0 Å². The molecule has 13 heteroatoms. The molecule has 0 unspecified atom stereocenters. The zero-order valence-electron chi connectivity index (χ0n) is 25.6. The molecule has 0 aliphatic carbocycles. The maximum Gasteiger partial charge on any atom is 0.349 e. The van der Waals surface area contributed by atoms with Gasteiger partial charge < -0.3 is 30.7 Å². The van der Waals surface area contributed by atoms with Gasteiger partial charge in [-0.2, -0.15) is 0 Å². The van der Waals surface area contributed by atoms with E-state index in [2.05, 4.69) is 14.8 Å². The smallest absolute Gasteiger partial charge is 0.349 e. The largest absolute Gasteiger partial charge is 0.478 e. The van der Waals surface area contributed by atoms with Crippen LogP contribution in [-0.4, -0.2) is 51.9 Å². The molecule has 1 heterocycles. The van der Waals surface area contributed by atoms with Crippen molar-refractivity contribution in [1.29, 1.82) is 0 Å². The lowest BCUT2D eigenvalue weighted by Gasteiger charge is -2.03. The van der Waals surface area contributed by atoms with Crippen LogP contribution >= 0.6 is 0 Å². The number of nitrogen functional groups attached to an aromatic ring is 1. The Labute approximate surface area is 227 Å². The van der Waals surface area contributed by atoms with Crippen LogP contribution in [0, 0.1) is 0 Å². The molecule has 1 aliphatic rings. The highest BCUT2D eigenvalue weighted by Gasteiger charge is 2.32. The summed E-state index contributed by atoms with van der Waals surface area (Å²) in [5.41, 5.74) is 5.21. The Morgan fingerprint density at radius 2 is 1.53 bits per heavy atom. The quantitative estimate of drug-likeness (QED) is 0.250. The summed E-state index contributed by atoms with van der Waals surface area (Å²) in [6, 6.07) is 8.53. The van der Waals surface area contributed by atoms with Crippen molar-refractivity contribution >= 4 is 53.1 Å². The highest BCUT2D eigenvalue weighted by atomic mass is 16.6. The van der Waals surface area contributed by atoms with Gasteiger partial charge in [0.15, 0.2) is 0 Å². The molecule has 3 rings (SSSR count). The minimum Gasteiger partial charge on any atom is -0.478 e. The summed E-state index contributed by atoms with van der Waals surface area (Å²) in [4.78, 5) is 74.7. The van der Waals surface area contributed by atoms with Crippen LogP contribution in [0.4, 0.5) is 11.4 Å². The van der Waals surface area contributed by atoms with Crippen molar-refractivity contribution < 1.29 is 61.5 Å². The molecular formula is C25H30N2O11. The highest BCUT2D eigenvalue weighted by Crippen LogP contribution is 2.27. The third kappa shape index (κ3) is 10.7. The van der Waals surface area contributed by atoms with Crippen LogP contribution < -0.4 is 11.1 Å². The molecule has 38 heavy (non-hydrogen) atoms. The van der Waals surface area contributed by atoms with Gasteiger partial charge in [0.1, 0.15) is 0 Å². The average Bonchev–Trinajstić information content (AvgIpc) is 3.11. The van der Waals surface area contributed by atoms with Gasteiger partial charge in [-0.05, 0) is 24.3 Å². The van der Waals surface area contributed by atoms with E-state index in [1.54, 1.807) is 12.1 Å². The van der Waals surface area contributed by atoms with Crippen molar-refractivity contribution in [3.63, 3.8) is 0 Å². The molecule has 2 aromatic carbocycles. The van der Waals surface area contributed by atoms with Gasteiger partial charge in [-0.15, -0.1) is 0 Å². The zero-order valence-corrected chi connectivity index (χ0v) is 19.6. The van der Waals surface area contributed by atoms with Gasteiger partial charge in [0.05, 0.1) is 27.9 Å². The Balaban J connectivity index is 0. The number of aromatic carboxylic acids is 2. The molecule has 13 nitrogen and oxygen atoms in total. The van der Waals surface area contributed by atoms with E-state index in [1.807, 2.05) is 0 Å². The Morgan fingerprint density at radius 3 is 1.95 bits per heavy atom. The molecule has 0 radical (unpaired) electrons. The summed E-state index contributed by atoms with van der Waals surface area (Å²) in [5.74, 6) is -6.75. The zero-order chi connectivity index (χ0) is 33.9. The Bertz CT molecular complexity index is 1410. The monoisotopic (exact) mass is 540 g/mol. The third-order valence-electron chi connectivity index (χ3n) is 3.76. The fourth-order valence-electron chi connectivity index (χ4n) is 2.54. The molecule has 0 saturated carbocycles. The molecule has 5 N–H and O–H groups in total. The lowest BCUT2D eigenvalue weighted by Crippen LogP contribution is -2.10. The molecule has 0 spiro atoms. The topological polar surface area (TPSA) is 216 Å². The number of fused-ring (bicyclic) bond motifs is 1. The first-order valence-electron chi connectivity index (χ1n) is 12.7. The molecule has 0 saturated heterocycles. The molecule has 0 bridgehead atoms. The second-order valence-corrected chi connectivity index (χ2v) is 6.35. The third-order valence-corrected chi connectivity index (χ3v) is 3.76. The first kappa shape index (κ1) is 24.6. The summed E-state index contributed by atoms with van der Waals surface area (Å²) in [5, 5.41) is 19.7. The van der Waals surface area contributed by atoms with Gasteiger partial charge in [-0.3, -0.25) is 14.4 Å². The van der Waals surface area contributed by atoms with Crippen molar-refractivity contribution in [2.24, 2.45) is 0 Å². The number of carbonyl (C=O) groups excluding carboxylic acids is 5. The fourth-order valence-corrected chi connectivity index (χ4v) is 2.54. The number of anilines is 2. The molecule has 2 aromatic rings. The van der Waals surface area contributed by atoms with Crippen LogP contribution in [0.5, 0.6) is 0 Å². The maximum absolute atomic E-state index is 11.3. The average molecular weight is 541 g/mol. The number of amides is 1. The first-order chi connectivity index (χ1) is 19.5. The summed E-state index contributed by atoms with van der Waals surface area (Å²) in [7, 11) is 0. The minimum atomic E-state index is -2.84. The van der Waals surface area contributed by atoms with E-state index in [0.29, 0.717) is 5.69 Å². The summed E-state index contributed by atoms with van der Waals surface area (Å²) in [6.07, 6.45) is 0. The summed E-state index contributed by atoms with van der Waals surface area (Å²) >= 11 is 0. The summed E-state index contributed by atoms with van der Waals surface area (Å²) in [6.45, 7) is -1.12. The van der Waals surface area contributed by atoms with Crippen LogP contribution in [-0.2, 0) is 23.9 Å². The predicted molar refractivity (Wildman–Crippen MR) is 136 cm³/mol. The fraction of sp³-hybridized carbons (Fsp3) is 0.240. The molecule has 0 aromatic heterocycles. The van der Waals surface area contributed by atoms with Crippen molar-refractivity contribution in [2.75, 3.05) is 11.1 Å². The van der Waals surface area contributed by atoms with Gasteiger partial charge in [-0.25, -0.2) is 19.2 Å². The van der Waals surface area contributed by atoms with Crippen molar-refractivity contribution in [2.45, 2.75) is 41.9 Å². The van der Waals surface area contributed by atoms with Gasteiger partial charge in [0.25, 0.3) is 0 Å². The van der Waals surface area contributed by atoms with E-state index >= 15 is 0 Å². The van der Waals surface area contributed by atoms with Crippen molar-refractivity contribution in [3.05, 3.63) is 58.7 Å². The number of ether oxygens (including phenoxy) is 2. The highest BCUT2D eigenvalue weighted by molar-refractivity contribution is 6.18. The number of cyclic esters (lactones) is 2. The number of carbonyl (C=O) groups is 7. The predicted octanol–water partition coefficient (Wildman–Crippen LogP) is 3.38. The number of carboxylic acids is 2. The Kier molecular flexibility index (Phi) is 10.7. The second kappa shape index (κ2) is 16.6. The molecule has 0 fully saturated rings. The molecule has 1 amide bonds. The van der Waals surface area contributed by atoms with E-state index in [1.165, 1.54) is 38.1 Å². The van der Waals surface area contributed by atoms with Gasteiger partial charge in [0.2, 0.25) is 5.91 Å². The maximum atomic E-state index is 11.3. The number of rotatable bonds is 3. The van der Waals surface area contributed by atoms with Crippen LogP contribution in [0.25, 0.3) is 0 Å². The Morgan fingerprint density at radius 1 is 0.947 bits per heavy atom. The lowest BCUT2D eigenvalue weighted by molar-refractivity contribution is -0.156. The van der Waals surface area contributed by atoms with Crippen LogP contribution in [0.3, 0.4) is 0 Å². The number of hydrogen-bond donors (Lipinski definition) is 4. The number of benzene rings is 2. The molecule has 1 aliphatic heterocycles. The standard InChI is InChI=1S/C10H7NO4.C8H7NO4.C4H6O3.C2H6.CH4/c1-5(12)11-7-4-2-3-6-8(7)10(14)15-9(6)13;9-5-3-1-2-4(7(10)11)6(5)8(12)13;1-3(5)7-4(2)6;1-2;/h2-4H,1H3,(H,11,12);1-3H,9H2,(H,10,11)(H,12,13);1-2H3;1-2H3;1H4/i;;2*1D3;. The van der Waals surface area contributed by atoms with E-state index in [9.17, 15) is 33.6 Å². The SMILES string of the molecule is C.CC(=O)Nc1cccc2c1C(=O)OC2=O.Nc1cccc(C(=O)O)c1C(=O)O.[2H]C([2H])([2H])C.[2H]C([2H])([2H])C(=O)OC(C)=O. The minimum absolute atomic E-state index is 0. The van der Waals surface area contributed by atoms with E-state index in [0.717, 1.165) is 6.92 Å². The van der Waals surface area contributed by atoms with E-state index < -0.39 is 49.5 Å². The Hall–Kier alpha value is -5.07. The molecular weight excluding hydrogens is 504 g/mol. The van der Waals surface area contributed by atoms with Gasteiger partial charge in [0, 0.05) is 34.6 Å². The van der Waals surface area contributed by atoms with Crippen LogP contribution in [0.1, 0.15) is 91.6 Å². The normalized spacial score (nSPS) is 13.1. The number of esters is 4. The van der Waals surface area contributed by atoms with Crippen molar-refractivity contribution in [1.82, 2.24) is 0 Å². The first-order valence-corrected chi connectivity index (χ1v) is 9.72. The number of hydrogen-bond acceptors (Lipinski definition) is 10. The molecule has 0 atom stereocenters. The van der Waals surface area contributed by atoms with Crippen LogP contribution in [0.15, 0.2) is 36.4 Å². The lowest BCUT2D eigenvalue weighted by atomic mass is 10.1. The van der Waals surface area contributed by atoms with Gasteiger partial charge in [-0.1, -0.05) is 33.3 Å². The molecule has 206 valence electrons. The van der Waals surface area contributed by atoms with E-state index in [-0.39, 0.29) is 41.3 Å². The van der Waals surface area contributed by atoms with Gasteiger partial charge >= 0.3 is 35.8 Å². The number of carboxylic acid groups (broad SMARTS) is 2. The number of nitrogens with one attached hydrogen (secondary N) is 1. The van der Waals surface area contributed by atoms with Crippen LogP contribution in [0.2, 0.25) is 0 Å². The second-order valence-electron chi connectivity index (χ2n) is 6.35.